The Balaban J connectivity index is 1.71. The predicted octanol–water partition coefficient (Wildman–Crippen LogP) is 4.50. The van der Waals surface area contributed by atoms with Crippen molar-refractivity contribution < 1.29 is 14.3 Å². The first-order valence-electron chi connectivity index (χ1n) is 10.7. The van der Waals surface area contributed by atoms with Gasteiger partial charge in [0.2, 0.25) is 0 Å². The van der Waals surface area contributed by atoms with E-state index in [0.29, 0.717) is 24.4 Å². The molecule has 0 saturated carbocycles. The molecule has 0 bridgehead atoms. The van der Waals surface area contributed by atoms with Crippen LogP contribution in [0.3, 0.4) is 0 Å². The van der Waals surface area contributed by atoms with Crippen LogP contribution in [0.1, 0.15) is 23.6 Å². The van der Waals surface area contributed by atoms with Crippen LogP contribution in [-0.2, 0) is 22.7 Å². The molecule has 1 heterocycles. The van der Waals surface area contributed by atoms with Crippen molar-refractivity contribution in [2.45, 2.75) is 20.0 Å². The van der Waals surface area contributed by atoms with E-state index < -0.39 is 0 Å². The fourth-order valence-corrected chi connectivity index (χ4v) is 3.93. The van der Waals surface area contributed by atoms with Gasteiger partial charge >= 0.3 is 0 Å². The highest BCUT2D eigenvalue weighted by Gasteiger charge is 2.41. The van der Waals surface area contributed by atoms with Crippen LogP contribution >= 0.6 is 0 Å². The Morgan fingerprint density at radius 1 is 0.781 bits per heavy atom. The Morgan fingerprint density at radius 2 is 1.41 bits per heavy atom. The minimum atomic E-state index is -0.265. The number of ether oxygens (including phenoxy) is 1. The van der Waals surface area contributed by atoms with Crippen molar-refractivity contribution in [3.8, 4) is 5.75 Å². The number of likely N-dealkylation sites (N-methyl/N-ethyl adjacent to an activating group) is 1. The van der Waals surface area contributed by atoms with Crippen molar-refractivity contribution in [1.82, 2.24) is 9.80 Å². The molecule has 0 atom stereocenters. The topological polar surface area (TPSA) is 49.9 Å². The van der Waals surface area contributed by atoms with Crippen molar-refractivity contribution in [2.75, 3.05) is 13.7 Å². The average Bonchev–Trinajstić information content (AvgIpc) is 3.09. The number of nitrogens with zero attached hydrogens (tertiary/aromatic N) is 2. The second-order valence-corrected chi connectivity index (χ2v) is 7.63. The highest BCUT2D eigenvalue weighted by Crippen LogP contribution is 2.33. The monoisotopic (exact) mass is 426 g/mol. The number of carbonyl (C=O) groups is 2. The van der Waals surface area contributed by atoms with Crippen LogP contribution in [0.15, 0.2) is 90.6 Å². The van der Waals surface area contributed by atoms with E-state index in [2.05, 4.69) is 0 Å². The summed E-state index contributed by atoms with van der Waals surface area (Å²) in [4.78, 5) is 30.5. The smallest absolute Gasteiger partial charge is 0.278 e. The third-order valence-corrected chi connectivity index (χ3v) is 5.62. The molecule has 5 heteroatoms. The van der Waals surface area contributed by atoms with Gasteiger partial charge in [0, 0.05) is 13.1 Å². The van der Waals surface area contributed by atoms with E-state index in [9.17, 15) is 9.59 Å². The zero-order chi connectivity index (χ0) is 22.5. The van der Waals surface area contributed by atoms with Crippen LogP contribution in [0.5, 0.6) is 5.75 Å². The first-order valence-corrected chi connectivity index (χ1v) is 10.7. The summed E-state index contributed by atoms with van der Waals surface area (Å²) in [5, 5.41) is 0. The van der Waals surface area contributed by atoms with Crippen molar-refractivity contribution in [3.63, 3.8) is 0 Å². The molecule has 3 aromatic rings. The Kier molecular flexibility index (Phi) is 6.36. The Labute approximate surface area is 188 Å². The minimum absolute atomic E-state index is 0.213. The maximum absolute atomic E-state index is 13.6. The van der Waals surface area contributed by atoms with Gasteiger partial charge < -0.3 is 9.64 Å². The standard InChI is InChI=1S/C27H26N2O3/c1-3-28(18-20-10-6-4-7-11-20)25-24(22-12-8-5-9-13-22)26(30)29(27(25)31)19-21-14-16-23(32-2)17-15-21/h4-17H,3,18-19H2,1-2H3. The van der Waals surface area contributed by atoms with Gasteiger partial charge in [-0.15, -0.1) is 0 Å². The SMILES string of the molecule is CCN(Cc1ccccc1)C1=C(c2ccccc2)C(=O)N(Cc2ccc(OC)cc2)C1=O. The van der Waals surface area contributed by atoms with Crippen LogP contribution < -0.4 is 4.74 Å². The van der Waals surface area contributed by atoms with Crippen LogP contribution in [0, 0.1) is 0 Å². The van der Waals surface area contributed by atoms with Crippen molar-refractivity contribution in [1.29, 1.82) is 0 Å². The molecule has 0 aromatic heterocycles. The quantitative estimate of drug-likeness (QED) is 0.498. The molecule has 1 aliphatic heterocycles. The number of methoxy groups -OCH3 is 1. The molecule has 0 fully saturated rings. The van der Waals surface area contributed by atoms with Gasteiger partial charge in [0.05, 0.1) is 19.2 Å². The number of imide groups is 1. The second kappa shape index (κ2) is 9.52. The zero-order valence-corrected chi connectivity index (χ0v) is 18.3. The fourth-order valence-electron chi connectivity index (χ4n) is 3.93. The highest BCUT2D eigenvalue weighted by atomic mass is 16.5. The lowest BCUT2D eigenvalue weighted by Gasteiger charge is -2.25. The maximum atomic E-state index is 13.6. The molecule has 0 N–H and O–H groups in total. The highest BCUT2D eigenvalue weighted by molar-refractivity contribution is 6.35. The van der Waals surface area contributed by atoms with Gasteiger partial charge in [-0.25, -0.2) is 0 Å². The molecular weight excluding hydrogens is 400 g/mol. The summed E-state index contributed by atoms with van der Waals surface area (Å²) in [7, 11) is 1.61. The lowest BCUT2D eigenvalue weighted by atomic mass is 10.0. The van der Waals surface area contributed by atoms with Gasteiger partial charge in [-0.1, -0.05) is 72.8 Å². The summed E-state index contributed by atoms with van der Waals surface area (Å²) in [6, 6.07) is 26.8. The second-order valence-electron chi connectivity index (χ2n) is 7.63. The molecule has 1 aliphatic rings. The lowest BCUT2D eigenvalue weighted by molar-refractivity contribution is -0.138. The van der Waals surface area contributed by atoms with E-state index >= 15 is 0 Å². The summed E-state index contributed by atoms with van der Waals surface area (Å²) in [5.74, 6) is 0.206. The molecule has 0 radical (unpaired) electrons. The zero-order valence-electron chi connectivity index (χ0n) is 18.3. The van der Waals surface area contributed by atoms with E-state index in [4.69, 9.17) is 4.74 Å². The molecule has 4 rings (SSSR count). The number of rotatable bonds is 8. The number of amides is 2. The summed E-state index contributed by atoms with van der Waals surface area (Å²) >= 11 is 0. The van der Waals surface area contributed by atoms with E-state index in [-0.39, 0.29) is 18.4 Å². The largest absolute Gasteiger partial charge is 0.497 e. The summed E-state index contributed by atoms with van der Waals surface area (Å²) in [6.07, 6.45) is 0. The molecule has 0 saturated heterocycles. The maximum Gasteiger partial charge on any atom is 0.278 e. The first-order chi connectivity index (χ1) is 15.6. The van der Waals surface area contributed by atoms with Crippen LogP contribution in [0.25, 0.3) is 5.57 Å². The number of hydrogen-bond acceptors (Lipinski definition) is 4. The van der Waals surface area contributed by atoms with Crippen molar-refractivity contribution in [2.24, 2.45) is 0 Å². The van der Waals surface area contributed by atoms with Crippen LogP contribution in [0.4, 0.5) is 0 Å². The molecule has 162 valence electrons. The molecule has 5 nitrogen and oxygen atoms in total. The molecular formula is C27H26N2O3. The third-order valence-electron chi connectivity index (χ3n) is 5.62. The van der Waals surface area contributed by atoms with E-state index in [1.165, 1.54) is 4.90 Å². The van der Waals surface area contributed by atoms with E-state index in [1.807, 2.05) is 96.8 Å². The van der Waals surface area contributed by atoms with Gasteiger partial charge in [0.15, 0.2) is 0 Å². The van der Waals surface area contributed by atoms with Gasteiger partial charge in [0.1, 0.15) is 11.4 Å². The van der Waals surface area contributed by atoms with Gasteiger partial charge in [-0.05, 0) is 35.7 Å². The van der Waals surface area contributed by atoms with E-state index in [1.54, 1.807) is 7.11 Å². The first kappa shape index (κ1) is 21.4. The normalized spacial score (nSPS) is 13.6. The predicted molar refractivity (Wildman–Crippen MR) is 124 cm³/mol. The number of carbonyl (C=O) groups excluding carboxylic acids is 2. The number of hydrogen-bond donors (Lipinski definition) is 0. The summed E-state index contributed by atoms with van der Waals surface area (Å²) in [6.45, 7) is 3.38. The van der Waals surface area contributed by atoms with Crippen LogP contribution in [-0.4, -0.2) is 35.3 Å². The molecule has 0 unspecified atom stereocenters. The van der Waals surface area contributed by atoms with Crippen molar-refractivity contribution in [3.05, 3.63) is 107 Å². The van der Waals surface area contributed by atoms with Gasteiger partial charge in [0.25, 0.3) is 11.8 Å². The average molecular weight is 427 g/mol. The van der Waals surface area contributed by atoms with Gasteiger partial charge in [-0.2, -0.15) is 0 Å². The van der Waals surface area contributed by atoms with E-state index in [0.717, 1.165) is 22.4 Å². The molecule has 0 spiro atoms. The van der Waals surface area contributed by atoms with Crippen molar-refractivity contribution >= 4 is 17.4 Å². The molecule has 0 aliphatic carbocycles. The summed E-state index contributed by atoms with van der Waals surface area (Å²) in [5.41, 5.74) is 3.63. The molecule has 2 amide bonds. The summed E-state index contributed by atoms with van der Waals surface area (Å²) < 4.78 is 5.21. The van der Waals surface area contributed by atoms with Gasteiger partial charge in [-0.3, -0.25) is 14.5 Å². The Hall–Kier alpha value is -3.86. The molecule has 3 aromatic carbocycles. The number of benzene rings is 3. The fraction of sp³-hybridized carbons (Fsp3) is 0.185. The molecule has 32 heavy (non-hydrogen) atoms. The Morgan fingerprint density at radius 3 is 2.00 bits per heavy atom. The van der Waals surface area contributed by atoms with Crippen LogP contribution in [0.2, 0.25) is 0 Å². The lowest BCUT2D eigenvalue weighted by Crippen LogP contribution is -2.34. The minimum Gasteiger partial charge on any atom is -0.497 e. The third kappa shape index (κ3) is 4.28. The Bertz CT molecular complexity index is 1120.